The topological polar surface area (TPSA) is 38.9 Å². The summed E-state index contributed by atoms with van der Waals surface area (Å²) in [7, 11) is 0. The number of nitrogens with zero attached hydrogens (tertiary/aromatic N) is 2. The van der Waals surface area contributed by atoms with E-state index < -0.39 is 26.4 Å². The third-order valence-corrected chi connectivity index (χ3v) is 11.4. The van der Waals surface area contributed by atoms with Crippen molar-refractivity contribution in [3.8, 4) is 44.8 Å². The quantitative estimate of drug-likeness (QED) is 0.161. The van der Waals surface area contributed by atoms with E-state index in [0.717, 1.165) is 51.6 Å². The van der Waals surface area contributed by atoms with E-state index in [1.165, 1.54) is 18.0 Å². The summed E-state index contributed by atoms with van der Waals surface area (Å²) >= 11 is 0. The Morgan fingerprint density at radius 3 is 2.17 bits per heavy atom. The SMILES string of the molecule is [2H]C([2H])([2H])c1ccc(-c2[c-]cccc2)nc1.[2H]C([2H])([2H])c1cnc(-c2[c-]ccc3c2oc2c(-c4ccc(C(C)(C)C)cc4)cccc23)cc1-c1ccc(C2([2H])CCC(C)(C)CC2)cc1C([2H])([2H])[2H].[Ir]. The van der Waals surface area contributed by atoms with E-state index in [0.29, 0.717) is 35.2 Å². The summed E-state index contributed by atoms with van der Waals surface area (Å²) in [5, 5.41) is 1.79. The maximum Gasteiger partial charge on any atom is 0.128 e. The van der Waals surface area contributed by atoms with Crippen LogP contribution >= 0.6 is 0 Å². The minimum atomic E-state index is -2.57. The Bertz CT molecular complexity index is 3080. The molecule has 1 radical (unpaired) electrons. The molecule has 3 aromatic heterocycles. The van der Waals surface area contributed by atoms with E-state index in [1.54, 1.807) is 48.5 Å². The molecule has 4 heteroatoms. The van der Waals surface area contributed by atoms with Gasteiger partial charge in [-0.15, -0.1) is 54.1 Å². The molecule has 0 unspecified atom stereocenters. The van der Waals surface area contributed by atoms with Gasteiger partial charge in [-0.1, -0.05) is 124 Å². The molecule has 9 rings (SSSR count). The van der Waals surface area contributed by atoms with Crippen molar-refractivity contribution in [2.45, 2.75) is 92.2 Å². The van der Waals surface area contributed by atoms with Crippen LogP contribution in [0.5, 0.6) is 0 Å². The van der Waals surface area contributed by atoms with Crippen LogP contribution in [0.15, 0.2) is 132 Å². The van der Waals surface area contributed by atoms with Crippen molar-refractivity contribution in [1.29, 1.82) is 0 Å². The van der Waals surface area contributed by atoms with E-state index in [9.17, 15) is 1.37 Å². The molecule has 0 aliphatic heterocycles. The first-order chi connectivity index (χ1) is 31.8. The Hall–Kier alpha value is -5.15. The fraction of sp³-hybridized carbons (Fsp3) is 0.273. The molecule has 0 N–H and O–H groups in total. The van der Waals surface area contributed by atoms with Crippen LogP contribution in [-0.2, 0) is 25.5 Å². The van der Waals surface area contributed by atoms with Gasteiger partial charge in [0.2, 0.25) is 0 Å². The molecule has 0 atom stereocenters. The molecule has 3 heterocycles. The molecular weight excluding hydrogens is 897 g/mol. The van der Waals surface area contributed by atoms with Crippen LogP contribution in [0.3, 0.4) is 0 Å². The second-order valence-electron chi connectivity index (χ2n) is 17.1. The van der Waals surface area contributed by atoms with Gasteiger partial charge in [0.1, 0.15) is 5.58 Å². The van der Waals surface area contributed by atoms with Gasteiger partial charge in [0.15, 0.2) is 0 Å². The van der Waals surface area contributed by atoms with Crippen LogP contribution in [0.1, 0.15) is 108 Å². The van der Waals surface area contributed by atoms with Crippen molar-refractivity contribution in [3.05, 3.63) is 168 Å². The fourth-order valence-electron chi connectivity index (χ4n) is 7.77. The molecule has 0 spiro atoms. The molecule has 1 aliphatic carbocycles. The van der Waals surface area contributed by atoms with Crippen molar-refractivity contribution in [3.63, 3.8) is 0 Å². The zero-order valence-corrected chi connectivity index (χ0v) is 36.5. The summed E-state index contributed by atoms with van der Waals surface area (Å²) in [5.74, 6) is -0.913. The molecule has 0 bridgehead atoms. The molecule has 59 heavy (non-hydrogen) atoms. The largest absolute Gasteiger partial charge is 0.500 e. The predicted octanol–water partition coefficient (Wildman–Crippen LogP) is 15.2. The number of fused-ring (bicyclic) bond motifs is 3. The van der Waals surface area contributed by atoms with Gasteiger partial charge in [-0.25, -0.2) is 0 Å². The number of aromatic nitrogens is 2. The molecule has 1 aliphatic rings. The number of hydrogen-bond donors (Lipinski definition) is 0. The number of para-hydroxylation sites is 1. The average Bonchev–Trinajstić information content (AvgIpc) is 3.69. The fourth-order valence-corrected chi connectivity index (χ4v) is 7.77. The number of furan rings is 1. The van der Waals surface area contributed by atoms with Crippen LogP contribution in [0.2, 0.25) is 0 Å². The Morgan fingerprint density at radius 2 is 1.47 bits per heavy atom. The summed E-state index contributed by atoms with van der Waals surface area (Å²) in [6.07, 6.45) is 5.70. The second kappa shape index (κ2) is 17.2. The van der Waals surface area contributed by atoms with Crippen LogP contribution < -0.4 is 0 Å². The Morgan fingerprint density at radius 1 is 0.695 bits per heavy atom. The molecule has 8 aromatic rings. The average molecular weight is 961 g/mol. The zero-order valence-electron chi connectivity index (χ0n) is 44.1. The minimum absolute atomic E-state index is 0. The van der Waals surface area contributed by atoms with E-state index in [1.807, 2.05) is 42.5 Å². The molecule has 3 nitrogen and oxygen atoms in total. The number of pyridine rings is 2. The summed E-state index contributed by atoms with van der Waals surface area (Å²) < 4.78 is 88.5. The third kappa shape index (κ3) is 9.05. The van der Waals surface area contributed by atoms with E-state index in [2.05, 4.69) is 81.0 Å². The second-order valence-corrected chi connectivity index (χ2v) is 17.1. The van der Waals surface area contributed by atoms with Gasteiger partial charge in [-0.2, -0.15) is 0 Å². The smallest absolute Gasteiger partial charge is 0.128 e. The third-order valence-electron chi connectivity index (χ3n) is 11.4. The predicted molar refractivity (Wildman–Crippen MR) is 243 cm³/mol. The van der Waals surface area contributed by atoms with Gasteiger partial charge in [-0.05, 0) is 119 Å². The van der Waals surface area contributed by atoms with E-state index in [4.69, 9.17) is 16.8 Å². The van der Waals surface area contributed by atoms with Gasteiger partial charge in [0, 0.05) is 57.2 Å². The van der Waals surface area contributed by atoms with E-state index in [-0.39, 0.29) is 58.8 Å². The molecule has 301 valence electrons. The molecular formula is C55H54IrN2O-2. The first-order valence-corrected chi connectivity index (χ1v) is 19.9. The van der Waals surface area contributed by atoms with Crippen molar-refractivity contribution in [2.24, 2.45) is 5.41 Å². The first-order valence-electron chi connectivity index (χ1n) is 24.9. The summed E-state index contributed by atoms with van der Waals surface area (Å²) in [6.45, 7) is 3.76. The van der Waals surface area contributed by atoms with Crippen LogP contribution in [0, 0.1) is 38.1 Å². The van der Waals surface area contributed by atoms with Crippen molar-refractivity contribution in [2.75, 3.05) is 0 Å². The minimum Gasteiger partial charge on any atom is -0.500 e. The normalized spacial score (nSPS) is 17.8. The van der Waals surface area contributed by atoms with E-state index >= 15 is 0 Å². The van der Waals surface area contributed by atoms with Gasteiger partial charge >= 0.3 is 0 Å². The van der Waals surface area contributed by atoms with Crippen LogP contribution in [0.4, 0.5) is 0 Å². The monoisotopic (exact) mass is 961 g/mol. The zero-order chi connectivity index (χ0) is 49.0. The molecule has 5 aromatic carbocycles. The van der Waals surface area contributed by atoms with Crippen molar-refractivity contribution >= 4 is 21.9 Å². The van der Waals surface area contributed by atoms with Crippen molar-refractivity contribution < 1.29 is 38.2 Å². The standard InChI is InChI=1S/C43H44NO.C12H10N.Ir/c1-27-24-31(29-20-22-43(6,7)23-21-29)16-19-33(27)38-25-39(44-26-28(38)2)37-13-9-12-36-35-11-8-10-34(40(35)45-41(36)37)30-14-17-32(18-15-30)42(3,4)5;1-10-7-8-12(13-9-10)11-5-3-2-4-6-11;/h8-12,14-19,24-26,29H,20-23H2,1-7H3;2-5,7-9H,1H3;/q2*-1;/i1D3,2D3,29D;1D3;. The molecule has 1 fully saturated rings. The van der Waals surface area contributed by atoms with Gasteiger partial charge in [-0.3, -0.25) is 0 Å². The van der Waals surface area contributed by atoms with Gasteiger partial charge in [0.05, 0.1) is 5.58 Å². The number of rotatable bonds is 5. The maximum absolute atomic E-state index is 9.33. The Labute approximate surface area is 378 Å². The molecule has 0 amide bonds. The van der Waals surface area contributed by atoms with Crippen LogP contribution in [0.25, 0.3) is 66.7 Å². The Balaban J connectivity index is 0.000000350. The summed E-state index contributed by atoms with van der Waals surface area (Å²) in [6, 6.07) is 42.2. The van der Waals surface area contributed by atoms with Crippen LogP contribution in [-0.4, -0.2) is 9.97 Å². The van der Waals surface area contributed by atoms with Gasteiger partial charge < -0.3 is 14.4 Å². The number of hydrogen-bond acceptors (Lipinski definition) is 3. The first kappa shape index (κ1) is 30.8. The Kier molecular flexibility index (Phi) is 8.99. The molecule has 1 saturated carbocycles. The maximum atomic E-state index is 9.33. The number of aryl methyl sites for hydroxylation is 3. The summed E-state index contributed by atoms with van der Waals surface area (Å²) in [4.78, 5) is 8.74. The summed E-state index contributed by atoms with van der Waals surface area (Å²) in [5.41, 5.74) is 8.62. The van der Waals surface area contributed by atoms with Crippen molar-refractivity contribution in [1.82, 2.24) is 9.97 Å². The molecule has 0 saturated heterocycles. The van der Waals surface area contributed by atoms with Gasteiger partial charge in [0.25, 0.3) is 0 Å². The number of benzene rings is 5.